The van der Waals surface area contributed by atoms with E-state index in [1.807, 2.05) is 12.1 Å². The lowest BCUT2D eigenvalue weighted by atomic mass is 9.84. The van der Waals surface area contributed by atoms with Crippen molar-refractivity contribution in [2.45, 2.75) is 42.4 Å². The average molecular weight is 449 g/mol. The summed E-state index contributed by atoms with van der Waals surface area (Å²) in [6.07, 6.45) is -3.13. The minimum absolute atomic E-state index is 0.0315. The summed E-state index contributed by atoms with van der Waals surface area (Å²) < 4.78 is 55.9. The van der Waals surface area contributed by atoms with Crippen molar-refractivity contribution in [3.63, 3.8) is 0 Å². The quantitative estimate of drug-likeness (QED) is 0.408. The van der Waals surface area contributed by atoms with E-state index in [9.17, 15) is 22.7 Å². The fourth-order valence-corrected chi connectivity index (χ4v) is 4.89. The lowest BCUT2D eigenvalue weighted by molar-refractivity contribution is -0.232. The summed E-state index contributed by atoms with van der Waals surface area (Å²) in [4.78, 5) is 12.8. The summed E-state index contributed by atoms with van der Waals surface area (Å²) in [5, 5.41) is 10.8. The molecule has 0 radical (unpaired) electrons. The van der Waals surface area contributed by atoms with E-state index in [1.54, 1.807) is 30.8 Å². The first-order valence-electron chi connectivity index (χ1n) is 9.66. The van der Waals surface area contributed by atoms with Gasteiger partial charge in [-0.1, -0.05) is 18.2 Å². The first kappa shape index (κ1) is 21.7. The Morgan fingerprint density at radius 2 is 2.00 bits per heavy atom. The summed E-state index contributed by atoms with van der Waals surface area (Å²) in [6.45, 7) is 1.58. The number of aliphatic imine (C=N–C) groups is 1. The highest BCUT2D eigenvalue weighted by Gasteiger charge is 2.54. The Bertz CT molecular complexity index is 1150. The first-order chi connectivity index (χ1) is 14.7. The lowest BCUT2D eigenvalue weighted by Crippen LogP contribution is -2.48. The predicted molar refractivity (Wildman–Crippen MR) is 113 cm³/mol. The number of thioether (sulfide) groups is 1. The molecule has 2 atom stereocenters. The number of hydrogen-bond acceptors (Lipinski definition) is 5. The zero-order chi connectivity index (χ0) is 22.2. The number of nitrogens with zero attached hydrogens (tertiary/aromatic N) is 3. The van der Waals surface area contributed by atoms with Gasteiger partial charge in [-0.2, -0.15) is 13.2 Å². The van der Waals surface area contributed by atoms with Gasteiger partial charge in [0.15, 0.2) is 5.60 Å². The second-order valence-electron chi connectivity index (χ2n) is 7.50. The molecule has 1 aromatic heterocycles. The summed E-state index contributed by atoms with van der Waals surface area (Å²) in [7, 11) is 0. The number of halogens is 4. The van der Waals surface area contributed by atoms with Crippen LogP contribution in [0.4, 0.5) is 23.2 Å². The molecule has 0 aliphatic carbocycles. The minimum atomic E-state index is -4.93. The smallest absolute Gasteiger partial charge is 0.376 e. The van der Waals surface area contributed by atoms with E-state index in [0.29, 0.717) is 24.2 Å². The molecule has 4 nitrogen and oxygen atoms in total. The summed E-state index contributed by atoms with van der Waals surface area (Å²) in [5.74, 6) is -0.0899. The van der Waals surface area contributed by atoms with Crippen LogP contribution in [-0.4, -0.2) is 38.8 Å². The maximum atomic E-state index is 14.1. The van der Waals surface area contributed by atoms with Gasteiger partial charge in [-0.15, -0.1) is 11.8 Å². The molecule has 0 saturated heterocycles. The van der Waals surface area contributed by atoms with Gasteiger partial charge >= 0.3 is 6.18 Å². The van der Waals surface area contributed by atoms with E-state index in [2.05, 4.69) is 15.0 Å². The van der Waals surface area contributed by atoms with Gasteiger partial charge in [0.1, 0.15) is 17.2 Å². The van der Waals surface area contributed by atoms with E-state index in [-0.39, 0.29) is 16.6 Å². The molecule has 2 heterocycles. The molecule has 3 aromatic rings. The monoisotopic (exact) mass is 449 g/mol. The van der Waals surface area contributed by atoms with Gasteiger partial charge in [0.25, 0.3) is 0 Å². The predicted octanol–water partition coefficient (Wildman–Crippen LogP) is 5.74. The van der Waals surface area contributed by atoms with E-state index in [4.69, 9.17) is 0 Å². The Kier molecular flexibility index (Phi) is 5.74. The van der Waals surface area contributed by atoms with Crippen LogP contribution < -0.4 is 0 Å². The van der Waals surface area contributed by atoms with Crippen molar-refractivity contribution < 1.29 is 22.7 Å². The third kappa shape index (κ3) is 4.29. The molecule has 0 bridgehead atoms. The zero-order valence-corrected chi connectivity index (χ0v) is 17.3. The molecular weight excluding hydrogens is 430 g/mol. The highest BCUT2D eigenvalue weighted by atomic mass is 32.2. The van der Waals surface area contributed by atoms with E-state index in [1.165, 1.54) is 12.3 Å². The van der Waals surface area contributed by atoms with Crippen LogP contribution in [0.1, 0.15) is 30.1 Å². The van der Waals surface area contributed by atoms with E-state index >= 15 is 0 Å². The van der Waals surface area contributed by atoms with Gasteiger partial charge in [-0.25, -0.2) is 14.4 Å². The fraction of sp³-hybridized carbons (Fsp3) is 0.318. The third-order valence-corrected chi connectivity index (χ3v) is 6.47. The summed E-state index contributed by atoms with van der Waals surface area (Å²) >= 11 is 1.59. The largest absolute Gasteiger partial charge is 0.422 e. The maximum Gasteiger partial charge on any atom is 0.422 e. The van der Waals surface area contributed by atoms with Crippen molar-refractivity contribution in [3.8, 4) is 0 Å². The van der Waals surface area contributed by atoms with Crippen molar-refractivity contribution >= 4 is 34.6 Å². The van der Waals surface area contributed by atoms with Crippen molar-refractivity contribution in [2.75, 3.05) is 5.75 Å². The molecule has 0 amide bonds. The number of alkyl halides is 3. The Hall–Kier alpha value is -2.52. The highest BCUT2D eigenvalue weighted by Crippen LogP contribution is 2.44. The van der Waals surface area contributed by atoms with Crippen LogP contribution in [0.2, 0.25) is 0 Å². The fourth-order valence-electron chi connectivity index (χ4n) is 3.69. The second-order valence-corrected chi connectivity index (χ2v) is 8.64. The molecule has 162 valence electrons. The molecule has 4 rings (SSSR count). The van der Waals surface area contributed by atoms with Crippen molar-refractivity contribution in [2.24, 2.45) is 4.99 Å². The number of benzene rings is 2. The SMILES string of the molecule is Cc1ncc2c(/N=C\C(O)(CC3CCSc4ccccc43)C(F)(F)F)ccc(F)c2n1. The Morgan fingerprint density at radius 1 is 1.23 bits per heavy atom. The van der Waals surface area contributed by atoms with Gasteiger partial charge in [-0.3, -0.25) is 4.99 Å². The third-order valence-electron chi connectivity index (χ3n) is 5.35. The highest BCUT2D eigenvalue weighted by molar-refractivity contribution is 7.99. The van der Waals surface area contributed by atoms with E-state index < -0.39 is 29.9 Å². The Morgan fingerprint density at radius 3 is 2.77 bits per heavy atom. The van der Waals surface area contributed by atoms with Crippen LogP contribution in [0, 0.1) is 12.7 Å². The van der Waals surface area contributed by atoms with Crippen LogP contribution >= 0.6 is 11.8 Å². The molecule has 1 N–H and O–H groups in total. The van der Waals surface area contributed by atoms with Crippen molar-refractivity contribution in [1.82, 2.24) is 9.97 Å². The maximum absolute atomic E-state index is 14.1. The van der Waals surface area contributed by atoms with Crippen molar-refractivity contribution in [1.29, 1.82) is 0 Å². The van der Waals surface area contributed by atoms with Crippen LogP contribution in [0.3, 0.4) is 0 Å². The van der Waals surface area contributed by atoms with Gasteiger partial charge in [0, 0.05) is 22.7 Å². The Balaban J connectivity index is 1.71. The van der Waals surface area contributed by atoms with Gasteiger partial charge in [-0.05, 0) is 55.2 Å². The summed E-state index contributed by atoms with van der Waals surface area (Å²) in [6, 6.07) is 9.63. The standard InChI is InChI=1S/C22H19F4N3OS/c1-13-27-11-16-18(7-6-17(23)20(16)29-13)28-12-21(30,22(24,25)26)10-14-8-9-31-19-5-3-2-4-15(14)19/h2-7,11-12,14,30H,8-10H2,1H3/b28-12-. The first-order valence-corrected chi connectivity index (χ1v) is 10.6. The van der Waals surface area contributed by atoms with Crippen LogP contribution in [0.5, 0.6) is 0 Å². The normalized spacial score (nSPS) is 18.8. The molecule has 9 heteroatoms. The lowest BCUT2D eigenvalue weighted by Gasteiger charge is -2.33. The van der Waals surface area contributed by atoms with Crippen LogP contribution in [-0.2, 0) is 0 Å². The van der Waals surface area contributed by atoms with Gasteiger partial charge < -0.3 is 5.11 Å². The average Bonchev–Trinajstić information content (AvgIpc) is 2.73. The van der Waals surface area contributed by atoms with Crippen LogP contribution in [0.15, 0.2) is 52.5 Å². The number of aromatic nitrogens is 2. The van der Waals surface area contributed by atoms with E-state index in [0.717, 1.165) is 16.5 Å². The molecule has 1 aliphatic heterocycles. The van der Waals surface area contributed by atoms with Crippen LogP contribution in [0.25, 0.3) is 10.9 Å². The molecule has 0 spiro atoms. The molecule has 2 unspecified atom stereocenters. The second kappa shape index (κ2) is 8.20. The van der Waals surface area contributed by atoms with Gasteiger partial charge in [0.2, 0.25) is 0 Å². The topological polar surface area (TPSA) is 58.4 Å². The molecule has 1 aliphatic rings. The van der Waals surface area contributed by atoms with Gasteiger partial charge in [0.05, 0.1) is 5.69 Å². The number of aliphatic hydroxyl groups is 1. The Labute approximate surface area is 180 Å². The number of fused-ring (bicyclic) bond motifs is 2. The number of rotatable bonds is 4. The number of aryl methyl sites for hydroxylation is 1. The number of hydrogen-bond donors (Lipinski definition) is 1. The molecule has 2 aromatic carbocycles. The summed E-state index contributed by atoms with van der Waals surface area (Å²) in [5.41, 5.74) is -2.32. The molecule has 0 saturated carbocycles. The zero-order valence-electron chi connectivity index (χ0n) is 16.5. The molecular formula is C22H19F4N3OS. The van der Waals surface area contributed by atoms with Crippen molar-refractivity contribution in [3.05, 3.63) is 59.8 Å². The molecule has 0 fully saturated rings. The minimum Gasteiger partial charge on any atom is -0.376 e. The molecule has 31 heavy (non-hydrogen) atoms.